The molecular formula is C19H20N2O4. The zero-order chi connectivity index (χ0) is 18.3. The van der Waals surface area contributed by atoms with Gasteiger partial charge in [-0.1, -0.05) is 43.3 Å². The number of aliphatic hydroxyl groups excluding tert-OH is 1. The summed E-state index contributed by atoms with van der Waals surface area (Å²) in [7, 11) is 0. The van der Waals surface area contributed by atoms with Crippen molar-refractivity contribution >= 4 is 17.5 Å². The molecule has 1 aromatic heterocycles. The summed E-state index contributed by atoms with van der Waals surface area (Å²) in [5.74, 6) is -0.380. The first-order valence-corrected chi connectivity index (χ1v) is 8.12. The lowest BCUT2D eigenvalue weighted by molar-refractivity contribution is -0.117. The highest BCUT2D eigenvalue weighted by Gasteiger charge is 2.44. The van der Waals surface area contributed by atoms with Crippen molar-refractivity contribution in [2.75, 3.05) is 4.90 Å². The first kappa shape index (κ1) is 17.0. The molecule has 1 aromatic carbocycles. The fourth-order valence-electron chi connectivity index (χ4n) is 3.05. The van der Waals surface area contributed by atoms with Crippen LogP contribution in [-0.2, 0) is 9.59 Å². The summed E-state index contributed by atoms with van der Waals surface area (Å²) in [6, 6.07) is 8.54. The highest BCUT2D eigenvalue weighted by atomic mass is 16.5. The average molecular weight is 340 g/mol. The second kappa shape index (κ2) is 6.20. The van der Waals surface area contributed by atoms with Gasteiger partial charge in [-0.3, -0.25) is 14.5 Å². The molecule has 0 fully saturated rings. The molecule has 6 heteroatoms. The van der Waals surface area contributed by atoms with Crippen molar-refractivity contribution in [2.24, 2.45) is 0 Å². The first-order chi connectivity index (χ1) is 11.8. The molecule has 1 amide bonds. The lowest BCUT2D eigenvalue weighted by Crippen LogP contribution is -2.31. The van der Waals surface area contributed by atoms with Gasteiger partial charge in [0.2, 0.25) is 0 Å². The van der Waals surface area contributed by atoms with Crippen LogP contribution in [0.3, 0.4) is 0 Å². The second-order valence-corrected chi connectivity index (χ2v) is 6.51. The van der Waals surface area contributed by atoms with Gasteiger partial charge in [0, 0.05) is 6.07 Å². The topological polar surface area (TPSA) is 83.6 Å². The Bertz CT molecular complexity index is 862. The van der Waals surface area contributed by atoms with Gasteiger partial charge in [-0.25, -0.2) is 0 Å². The van der Waals surface area contributed by atoms with Crippen LogP contribution in [0.25, 0.3) is 0 Å². The number of anilines is 1. The molecule has 6 nitrogen and oxygen atoms in total. The molecule has 0 radical (unpaired) electrons. The van der Waals surface area contributed by atoms with Crippen molar-refractivity contribution in [2.45, 2.75) is 39.7 Å². The van der Waals surface area contributed by atoms with E-state index in [1.165, 1.54) is 11.8 Å². The van der Waals surface area contributed by atoms with Crippen molar-refractivity contribution < 1.29 is 19.2 Å². The number of nitrogens with zero attached hydrogens (tertiary/aromatic N) is 2. The summed E-state index contributed by atoms with van der Waals surface area (Å²) >= 11 is 0. The summed E-state index contributed by atoms with van der Waals surface area (Å²) in [6.45, 7) is 7.23. The molecule has 1 aliphatic rings. The Morgan fingerprint density at radius 1 is 1.28 bits per heavy atom. The molecule has 2 heterocycles. The third-order valence-corrected chi connectivity index (χ3v) is 4.37. The predicted octanol–water partition coefficient (Wildman–Crippen LogP) is 3.60. The van der Waals surface area contributed by atoms with Gasteiger partial charge in [-0.15, -0.1) is 0 Å². The lowest BCUT2D eigenvalue weighted by Gasteiger charge is -2.24. The highest BCUT2D eigenvalue weighted by molar-refractivity contribution is 6.15. The maximum absolute atomic E-state index is 12.6. The first-order valence-electron chi connectivity index (χ1n) is 8.12. The number of carbonyl (C=O) groups excluding carboxylic acids is 2. The smallest absolute Gasteiger partial charge is 0.295 e. The molecule has 3 rings (SSSR count). The standard InChI is InChI=1S/C19H20N2O4/c1-10(2)13-5-7-14(8-6-13)17-16(12(4)22)18(23)19(24)21(17)15-9-11(3)25-20-15/h5-10,17,23H,1-4H3/t17-/m0/s1. The van der Waals surface area contributed by atoms with Gasteiger partial charge < -0.3 is 9.63 Å². The van der Waals surface area contributed by atoms with Crippen molar-refractivity contribution in [3.63, 3.8) is 0 Å². The van der Waals surface area contributed by atoms with Gasteiger partial charge in [0.15, 0.2) is 17.4 Å². The van der Waals surface area contributed by atoms with Crippen molar-refractivity contribution in [1.29, 1.82) is 0 Å². The van der Waals surface area contributed by atoms with Gasteiger partial charge in [0.25, 0.3) is 5.91 Å². The number of hydrogen-bond acceptors (Lipinski definition) is 5. The SMILES string of the molecule is CC(=O)C1=C(O)C(=O)N(c2cc(C)on2)[C@H]1c1ccc(C(C)C)cc1. The number of amides is 1. The normalized spacial score (nSPS) is 17.7. The zero-order valence-electron chi connectivity index (χ0n) is 14.6. The fourth-order valence-corrected chi connectivity index (χ4v) is 3.05. The number of carbonyl (C=O) groups is 2. The third-order valence-electron chi connectivity index (χ3n) is 4.37. The summed E-state index contributed by atoms with van der Waals surface area (Å²) in [5.41, 5.74) is 1.95. The van der Waals surface area contributed by atoms with Crippen LogP contribution >= 0.6 is 0 Å². The van der Waals surface area contributed by atoms with E-state index >= 15 is 0 Å². The Balaban J connectivity index is 2.12. The molecule has 25 heavy (non-hydrogen) atoms. The lowest BCUT2D eigenvalue weighted by atomic mass is 9.94. The fraction of sp³-hybridized carbons (Fsp3) is 0.316. The van der Waals surface area contributed by atoms with Crippen LogP contribution < -0.4 is 4.90 Å². The highest BCUT2D eigenvalue weighted by Crippen LogP contribution is 2.40. The van der Waals surface area contributed by atoms with Crippen LogP contribution in [0.5, 0.6) is 0 Å². The largest absolute Gasteiger partial charge is 0.503 e. The Morgan fingerprint density at radius 2 is 1.92 bits per heavy atom. The monoisotopic (exact) mass is 340 g/mol. The maximum Gasteiger partial charge on any atom is 0.295 e. The number of aryl methyl sites for hydroxylation is 1. The maximum atomic E-state index is 12.6. The molecule has 1 atom stereocenters. The molecule has 0 saturated carbocycles. The van der Waals surface area contributed by atoms with E-state index in [1.54, 1.807) is 13.0 Å². The van der Waals surface area contributed by atoms with Crippen LogP contribution in [0.1, 0.15) is 49.6 Å². The molecule has 1 aliphatic heterocycles. The average Bonchev–Trinajstić information content (AvgIpc) is 3.09. The van der Waals surface area contributed by atoms with Crippen LogP contribution in [0.2, 0.25) is 0 Å². The van der Waals surface area contributed by atoms with E-state index < -0.39 is 17.7 Å². The minimum atomic E-state index is -0.726. The molecule has 0 aliphatic carbocycles. The van der Waals surface area contributed by atoms with Crippen LogP contribution in [0.4, 0.5) is 5.82 Å². The van der Waals surface area contributed by atoms with Crippen LogP contribution in [0.15, 0.2) is 46.2 Å². The number of benzene rings is 1. The summed E-state index contributed by atoms with van der Waals surface area (Å²) in [5, 5.41) is 14.1. The number of rotatable bonds is 4. The molecule has 1 N–H and O–H groups in total. The molecule has 130 valence electrons. The van der Waals surface area contributed by atoms with Crippen LogP contribution in [0, 0.1) is 6.92 Å². The van der Waals surface area contributed by atoms with E-state index in [4.69, 9.17) is 4.52 Å². The van der Waals surface area contributed by atoms with E-state index in [9.17, 15) is 14.7 Å². The van der Waals surface area contributed by atoms with Gasteiger partial charge in [0.1, 0.15) is 5.76 Å². The Labute approximate surface area is 145 Å². The van der Waals surface area contributed by atoms with E-state index in [1.807, 2.05) is 24.3 Å². The third kappa shape index (κ3) is 2.84. The minimum Gasteiger partial charge on any atom is -0.503 e. The van der Waals surface area contributed by atoms with Crippen molar-refractivity contribution in [1.82, 2.24) is 5.16 Å². The number of aliphatic hydroxyl groups is 1. The summed E-state index contributed by atoms with van der Waals surface area (Å²) in [4.78, 5) is 26.0. The Kier molecular flexibility index (Phi) is 4.20. The van der Waals surface area contributed by atoms with Gasteiger partial charge >= 0.3 is 0 Å². The van der Waals surface area contributed by atoms with E-state index in [0.717, 1.165) is 11.1 Å². The number of hydrogen-bond donors (Lipinski definition) is 1. The number of ketones is 1. The molecule has 0 saturated heterocycles. The van der Waals surface area contributed by atoms with Gasteiger partial charge in [0.05, 0.1) is 11.6 Å². The molecule has 0 bridgehead atoms. The van der Waals surface area contributed by atoms with Gasteiger partial charge in [-0.05, 0) is 30.9 Å². The molecule has 0 spiro atoms. The molecule has 2 aromatic rings. The van der Waals surface area contributed by atoms with E-state index in [0.29, 0.717) is 11.7 Å². The Morgan fingerprint density at radius 3 is 2.40 bits per heavy atom. The molecule has 0 unspecified atom stereocenters. The van der Waals surface area contributed by atoms with Crippen molar-refractivity contribution in [3.05, 3.63) is 58.6 Å². The quantitative estimate of drug-likeness (QED) is 0.919. The summed E-state index contributed by atoms with van der Waals surface area (Å²) in [6.07, 6.45) is 0. The van der Waals surface area contributed by atoms with E-state index in [-0.39, 0.29) is 17.2 Å². The van der Waals surface area contributed by atoms with Crippen LogP contribution in [-0.4, -0.2) is 22.0 Å². The number of Topliss-reactive ketones (excluding diaryl/α,β-unsaturated/α-hetero) is 1. The second-order valence-electron chi connectivity index (χ2n) is 6.51. The minimum absolute atomic E-state index is 0.0722. The number of aromatic nitrogens is 1. The van der Waals surface area contributed by atoms with E-state index in [2.05, 4.69) is 19.0 Å². The Hall–Kier alpha value is -2.89. The summed E-state index contributed by atoms with van der Waals surface area (Å²) < 4.78 is 5.06. The zero-order valence-corrected chi connectivity index (χ0v) is 14.6. The predicted molar refractivity (Wildman–Crippen MR) is 92.3 cm³/mol. The molecular weight excluding hydrogens is 320 g/mol. The van der Waals surface area contributed by atoms with Gasteiger partial charge in [-0.2, -0.15) is 0 Å². The van der Waals surface area contributed by atoms with Crippen molar-refractivity contribution in [3.8, 4) is 0 Å².